The lowest BCUT2D eigenvalue weighted by molar-refractivity contribution is -0.390. The van der Waals surface area contributed by atoms with Gasteiger partial charge in [0, 0.05) is 0 Å². The van der Waals surface area contributed by atoms with E-state index in [1.807, 2.05) is 4.72 Å². The van der Waals surface area contributed by atoms with E-state index < -0.39 is 37.4 Å². The monoisotopic (exact) mass is 301 g/mol. The number of nitro groups is 1. The molecule has 1 N–H and O–H groups in total. The highest BCUT2D eigenvalue weighted by Gasteiger charge is 2.31. The van der Waals surface area contributed by atoms with Gasteiger partial charge in [-0.15, -0.1) is 0 Å². The Morgan fingerprint density at radius 2 is 2.05 bits per heavy atom. The molecule has 0 amide bonds. The summed E-state index contributed by atoms with van der Waals surface area (Å²) in [6.07, 6.45) is 0. The fourth-order valence-corrected chi connectivity index (χ4v) is 2.90. The molecular formula is C11H12FN3O4S. The first-order valence-electron chi connectivity index (χ1n) is 5.55. The number of benzene rings is 1. The minimum Gasteiger partial charge on any atom is -0.258 e. The van der Waals surface area contributed by atoms with E-state index in [9.17, 15) is 22.9 Å². The number of nitro benzene ring substituents is 1. The molecule has 20 heavy (non-hydrogen) atoms. The zero-order chi connectivity index (χ0) is 15.5. The molecule has 0 aliphatic heterocycles. The first-order chi connectivity index (χ1) is 9.20. The van der Waals surface area contributed by atoms with E-state index >= 15 is 0 Å². The molecule has 0 bridgehead atoms. The second kappa shape index (κ2) is 5.94. The lowest BCUT2D eigenvalue weighted by Gasteiger charge is -2.15. The zero-order valence-corrected chi connectivity index (χ0v) is 11.5. The lowest BCUT2D eigenvalue weighted by atomic mass is 10.1. The molecular weight excluding hydrogens is 289 g/mol. The Balaban J connectivity index is 3.34. The van der Waals surface area contributed by atoms with Crippen LogP contribution in [0, 0.1) is 33.2 Å². The predicted molar refractivity (Wildman–Crippen MR) is 67.6 cm³/mol. The van der Waals surface area contributed by atoms with Gasteiger partial charge in [0.05, 0.1) is 11.0 Å². The lowest BCUT2D eigenvalue weighted by Crippen LogP contribution is -2.37. The average molecular weight is 301 g/mol. The van der Waals surface area contributed by atoms with E-state index in [4.69, 9.17) is 5.26 Å². The van der Waals surface area contributed by atoms with Crippen LogP contribution in [0.15, 0.2) is 23.1 Å². The van der Waals surface area contributed by atoms with Gasteiger partial charge in [0.1, 0.15) is 6.04 Å². The second-order valence-electron chi connectivity index (χ2n) is 4.32. The maximum absolute atomic E-state index is 13.4. The van der Waals surface area contributed by atoms with Crippen LogP contribution in [0.3, 0.4) is 0 Å². The van der Waals surface area contributed by atoms with Crippen LogP contribution in [-0.2, 0) is 10.0 Å². The molecule has 108 valence electrons. The van der Waals surface area contributed by atoms with Crippen LogP contribution < -0.4 is 4.72 Å². The Hall–Kier alpha value is -2.05. The third-order valence-corrected chi connectivity index (χ3v) is 3.98. The molecule has 0 fully saturated rings. The van der Waals surface area contributed by atoms with Gasteiger partial charge in [-0.2, -0.15) is 14.4 Å². The topological polar surface area (TPSA) is 113 Å². The third kappa shape index (κ3) is 3.28. The van der Waals surface area contributed by atoms with Crippen molar-refractivity contribution in [1.82, 2.24) is 4.72 Å². The largest absolute Gasteiger partial charge is 0.324 e. The van der Waals surface area contributed by atoms with E-state index in [-0.39, 0.29) is 5.92 Å². The van der Waals surface area contributed by atoms with E-state index in [2.05, 4.69) is 0 Å². The Labute approximate surface area is 115 Å². The standard InChI is InChI=1S/C11H12FN3O4S/c1-7(2)9(6-13)14-20(18,19)10-5-3-4-8(12)11(10)15(16)17/h3-5,7,9,14H,1-2H3. The number of nitriles is 1. The number of hydrogen-bond donors (Lipinski definition) is 1. The number of halogens is 1. The van der Waals surface area contributed by atoms with Crippen LogP contribution in [0.1, 0.15) is 13.8 Å². The van der Waals surface area contributed by atoms with Gasteiger partial charge in [-0.1, -0.05) is 19.9 Å². The van der Waals surface area contributed by atoms with Gasteiger partial charge < -0.3 is 0 Å². The quantitative estimate of drug-likeness (QED) is 0.655. The summed E-state index contributed by atoms with van der Waals surface area (Å²) in [5.74, 6) is -1.60. The molecule has 1 atom stereocenters. The second-order valence-corrected chi connectivity index (χ2v) is 6.00. The average Bonchev–Trinajstić information content (AvgIpc) is 2.34. The normalized spacial score (nSPS) is 12.9. The molecule has 0 aromatic heterocycles. The van der Waals surface area contributed by atoms with Crippen molar-refractivity contribution in [3.8, 4) is 6.07 Å². The number of para-hydroxylation sites is 1. The fourth-order valence-electron chi connectivity index (χ4n) is 1.43. The van der Waals surface area contributed by atoms with Crippen molar-refractivity contribution in [3.05, 3.63) is 34.1 Å². The van der Waals surface area contributed by atoms with Crippen molar-refractivity contribution in [2.24, 2.45) is 5.92 Å². The molecule has 1 unspecified atom stereocenters. The van der Waals surface area contributed by atoms with Crippen molar-refractivity contribution in [3.63, 3.8) is 0 Å². The molecule has 0 saturated heterocycles. The third-order valence-electron chi connectivity index (χ3n) is 2.51. The summed E-state index contributed by atoms with van der Waals surface area (Å²) in [5, 5.41) is 19.6. The van der Waals surface area contributed by atoms with E-state index in [1.54, 1.807) is 19.9 Å². The number of nitrogens with one attached hydrogen (secondary N) is 1. The maximum atomic E-state index is 13.4. The van der Waals surface area contributed by atoms with Crippen molar-refractivity contribution in [1.29, 1.82) is 5.26 Å². The molecule has 9 heteroatoms. The van der Waals surface area contributed by atoms with Crippen LogP contribution in [0.5, 0.6) is 0 Å². The van der Waals surface area contributed by atoms with Crippen molar-refractivity contribution < 1.29 is 17.7 Å². The SMILES string of the molecule is CC(C)C(C#N)NS(=O)(=O)c1cccc(F)c1[N+](=O)[O-]. The van der Waals surface area contributed by atoms with Crippen molar-refractivity contribution >= 4 is 15.7 Å². The summed E-state index contributed by atoms with van der Waals surface area (Å²) >= 11 is 0. The minimum absolute atomic E-state index is 0.345. The van der Waals surface area contributed by atoms with Crippen LogP contribution >= 0.6 is 0 Å². The number of nitrogens with zero attached hydrogens (tertiary/aromatic N) is 2. The van der Waals surface area contributed by atoms with E-state index in [0.29, 0.717) is 0 Å². The summed E-state index contributed by atoms with van der Waals surface area (Å²) < 4.78 is 39.5. The maximum Gasteiger partial charge on any atom is 0.324 e. The van der Waals surface area contributed by atoms with Gasteiger partial charge in [-0.05, 0) is 18.1 Å². The first-order valence-corrected chi connectivity index (χ1v) is 7.04. The smallest absolute Gasteiger partial charge is 0.258 e. The minimum atomic E-state index is -4.37. The summed E-state index contributed by atoms with van der Waals surface area (Å²) in [7, 11) is -4.37. The van der Waals surface area contributed by atoms with Gasteiger partial charge in [0.25, 0.3) is 0 Å². The van der Waals surface area contributed by atoms with Crippen LogP contribution in [0.25, 0.3) is 0 Å². The molecule has 0 saturated carbocycles. The fraction of sp³-hybridized carbons (Fsp3) is 0.364. The Kier molecular flexibility index (Phi) is 4.75. The number of sulfonamides is 1. The molecule has 0 spiro atoms. The van der Waals surface area contributed by atoms with Gasteiger partial charge in [-0.25, -0.2) is 8.42 Å². The Morgan fingerprint density at radius 1 is 1.45 bits per heavy atom. The first kappa shape index (κ1) is 16.0. The number of hydrogen-bond acceptors (Lipinski definition) is 5. The van der Waals surface area contributed by atoms with Gasteiger partial charge in [0.15, 0.2) is 4.90 Å². The predicted octanol–water partition coefficient (Wildman–Crippen LogP) is 1.56. The van der Waals surface area contributed by atoms with Gasteiger partial charge in [-0.3, -0.25) is 10.1 Å². The molecule has 1 aromatic rings. The molecule has 0 radical (unpaired) electrons. The van der Waals surface area contributed by atoms with E-state index in [1.165, 1.54) is 0 Å². The van der Waals surface area contributed by atoms with Crippen molar-refractivity contribution in [2.75, 3.05) is 0 Å². The summed E-state index contributed by atoms with van der Waals surface area (Å²) in [6.45, 7) is 3.22. The molecule has 0 aliphatic carbocycles. The van der Waals surface area contributed by atoms with Crippen molar-refractivity contribution in [2.45, 2.75) is 24.8 Å². The van der Waals surface area contributed by atoms with Gasteiger partial charge >= 0.3 is 5.69 Å². The van der Waals surface area contributed by atoms with Crippen LogP contribution in [-0.4, -0.2) is 19.4 Å². The highest BCUT2D eigenvalue weighted by molar-refractivity contribution is 7.89. The van der Waals surface area contributed by atoms with Crippen LogP contribution in [0.4, 0.5) is 10.1 Å². The molecule has 1 aromatic carbocycles. The number of rotatable bonds is 5. The van der Waals surface area contributed by atoms with Crippen LogP contribution in [0.2, 0.25) is 0 Å². The Bertz CT molecular complexity index is 667. The highest BCUT2D eigenvalue weighted by Crippen LogP contribution is 2.26. The van der Waals surface area contributed by atoms with E-state index in [0.717, 1.165) is 18.2 Å². The van der Waals surface area contributed by atoms with Gasteiger partial charge in [0.2, 0.25) is 15.8 Å². The summed E-state index contributed by atoms with van der Waals surface area (Å²) in [4.78, 5) is 8.87. The summed E-state index contributed by atoms with van der Waals surface area (Å²) in [6, 6.07) is 3.43. The highest BCUT2D eigenvalue weighted by atomic mass is 32.2. The summed E-state index contributed by atoms with van der Waals surface area (Å²) in [5.41, 5.74) is -1.14. The zero-order valence-electron chi connectivity index (χ0n) is 10.7. The Morgan fingerprint density at radius 3 is 2.50 bits per heavy atom. The molecule has 7 nitrogen and oxygen atoms in total. The molecule has 1 rings (SSSR count). The molecule has 0 aliphatic rings. The molecule has 0 heterocycles.